The fourth-order valence-corrected chi connectivity index (χ4v) is 3.28. The predicted molar refractivity (Wildman–Crippen MR) is 97.5 cm³/mol. The summed E-state index contributed by atoms with van der Waals surface area (Å²) in [4.78, 5) is 23.4. The van der Waals surface area contributed by atoms with Gasteiger partial charge in [0.25, 0.3) is 0 Å². The van der Waals surface area contributed by atoms with Gasteiger partial charge in [-0.1, -0.05) is 12.1 Å². The Hall–Kier alpha value is -2.99. The molecule has 0 atom stereocenters. The fraction of sp³-hybridized carbons (Fsp3) is 0.0526. The SMILES string of the molecule is C/C(=C/C(=O)Nc1ccc(F)cc1C(=O)O)c1ccc2ccsc2c1. The summed E-state index contributed by atoms with van der Waals surface area (Å²) in [5.41, 5.74) is 1.41. The second-order valence-electron chi connectivity index (χ2n) is 5.48. The first kappa shape index (κ1) is 16.9. The summed E-state index contributed by atoms with van der Waals surface area (Å²) in [6.07, 6.45) is 1.39. The first-order valence-corrected chi connectivity index (χ1v) is 8.32. The number of halogens is 1. The van der Waals surface area contributed by atoms with Gasteiger partial charge in [-0.05, 0) is 59.2 Å². The number of benzene rings is 2. The number of rotatable bonds is 4. The van der Waals surface area contributed by atoms with Crippen LogP contribution in [0.2, 0.25) is 0 Å². The number of fused-ring (bicyclic) bond motifs is 1. The molecule has 0 spiro atoms. The zero-order valence-corrected chi connectivity index (χ0v) is 14.1. The van der Waals surface area contributed by atoms with Gasteiger partial charge in [-0.15, -0.1) is 11.3 Å². The van der Waals surface area contributed by atoms with Crippen molar-refractivity contribution in [3.63, 3.8) is 0 Å². The van der Waals surface area contributed by atoms with Crippen LogP contribution in [0.3, 0.4) is 0 Å². The van der Waals surface area contributed by atoms with Crippen LogP contribution in [0.15, 0.2) is 53.9 Å². The second-order valence-corrected chi connectivity index (χ2v) is 6.43. The number of amides is 1. The lowest BCUT2D eigenvalue weighted by Gasteiger charge is -2.08. The Morgan fingerprint density at radius 1 is 1.16 bits per heavy atom. The van der Waals surface area contributed by atoms with Crippen LogP contribution in [0.4, 0.5) is 10.1 Å². The predicted octanol–water partition coefficient (Wildman–Crippen LogP) is 4.78. The Balaban J connectivity index is 1.83. The topological polar surface area (TPSA) is 66.4 Å². The molecule has 0 bridgehead atoms. The molecule has 0 fully saturated rings. The van der Waals surface area contributed by atoms with E-state index >= 15 is 0 Å². The molecule has 126 valence electrons. The third-order valence-corrected chi connectivity index (χ3v) is 4.61. The van der Waals surface area contributed by atoms with E-state index in [9.17, 15) is 14.0 Å². The van der Waals surface area contributed by atoms with Crippen LogP contribution in [-0.2, 0) is 4.79 Å². The highest BCUT2D eigenvalue weighted by molar-refractivity contribution is 7.17. The number of carbonyl (C=O) groups is 2. The smallest absolute Gasteiger partial charge is 0.337 e. The van der Waals surface area contributed by atoms with Crippen LogP contribution < -0.4 is 5.32 Å². The van der Waals surface area contributed by atoms with Crippen LogP contribution in [0.25, 0.3) is 15.7 Å². The molecular formula is C19H14FNO3S. The molecule has 0 aliphatic rings. The molecule has 4 nitrogen and oxygen atoms in total. The minimum Gasteiger partial charge on any atom is -0.478 e. The lowest BCUT2D eigenvalue weighted by molar-refractivity contribution is -0.111. The number of allylic oxidation sites excluding steroid dienone is 1. The number of anilines is 1. The molecule has 2 N–H and O–H groups in total. The van der Waals surface area contributed by atoms with E-state index in [-0.39, 0.29) is 11.3 Å². The van der Waals surface area contributed by atoms with Crippen molar-refractivity contribution in [3.8, 4) is 0 Å². The molecule has 6 heteroatoms. The number of thiophene rings is 1. The van der Waals surface area contributed by atoms with Crippen molar-refractivity contribution >= 4 is 44.6 Å². The molecule has 3 aromatic rings. The Bertz CT molecular complexity index is 1010. The van der Waals surface area contributed by atoms with Gasteiger partial charge in [-0.2, -0.15) is 0 Å². The van der Waals surface area contributed by atoms with Crippen LogP contribution in [0.1, 0.15) is 22.8 Å². The zero-order valence-electron chi connectivity index (χ0n) is 13.2. The van der Waals surface area contributed by atoms with Gasteiger partial charge in [0.15, 0.2) is 0 Å². The summed E-state index contributed by atoms with van der Waals surface area (Å²) in [6.45, 7) is 1.80. The molecule has 1 aromatic heterocycles. The summed E-state index contributed by atoms with van der Waals surface area (Å²) in [5.74, 6) is -2.46. The average molecular weight is 355 g/mol. The van der Waals surface area contributed by atoms with Crippen molar-refractivity contribution in [2.75, 3.05) is 5.32 Å². The summed E-state index contributed by atoms with van der Waals surface area (Å²) in [7, 11) is 0. The number of aromatic carboxylic acids is 1. The molecule has 0 saturated heterocycles. The van der Waals surface area contributed by atoms with E-state index in [1.807, 2.05) is 29.6 Å². The molecule has 25 heavy (non-hydrogen) atoms. The maximum absolute atomic E-state index is 13.2. The summed E-state index contributed by atoms with van der Waals surface area (Å²) < 4.78 is 14.3. The van der Waals surface area contributed by atoms with Crippen LogP contribution in [0.5, 0.6) is 0 Å². The normalized spacial score (nSPS) is 11.5. The van der Waals surface area contributed by atoms with Crippen molar-refractivity contribution < 1.29 is 19.1 Å². The van der Waals surface area contributed by atoms with E-state index in [2.05, 4.69) is 5.32 Å². The number of hydrogen-bond acceptors (Lipinski definition) is 3. The van der Waals surface area contributed by atoms with Gasteiger partial charge in [0.05, 0.1) is 11.3 Å². The number of carboxylic acids is 1. The number of carbonyl (C=O) groups excluding carboxylic acids is 1. The molecule has 1 amide bonds. The maximum Gasteiger partial charge on any atom is 0.337 e. The monoisotopic (exact) mass is 355 g/mol. The van der Waals surface area contributed by atoms with Gasteiger partial charge >= 0.3 is 5.97 Å². The number of hydrogen-bond donors (Lipinski definition) is 2. The Labute approximate surface area is 147 Å². The second kappa shape index (κ2) is 6.86. The van der Waals surface area contributed by atoms with E-state index < -0.39 is 17.7 Å². The van der Waals surface area contributed by atoms with E-state index in [1.165, 1.54) is 12.1 Å². The third kappa shape index (κ3) is 3.75. The molecule has 3 rings (SSSR count). The van der Waals surface area contributed by atoms with Crippen molar-refractivity contribution in [3.05, 3.63) is 70.9 Å². The van der Waals surface area contributed by atoms with Crippen molar-refractivity contribution in [1.82, 2.24) is 0 Å². The lowest BCUT2D eigenvalue weighted by Crippen LogP contribution is -2.12. The van der Waals surface area contributed by atoms with E-state index in [0.717, 1.165) is 33.4 Å². The highest BCUT2D eigenvalue weighted by atomic mass is 32.1. The van der Waals surface area contributed by atoms with Crippen molar-refractivity contribution in [2.45, 2.75) is 6.92 Å². The molecule has 0 saturated carbocycles. The first-order valence-electron chi connectivity index (χ1n) is 7.44. The Kier molecular flexibility index (Phi) is 4.63. The molecule has 0 aliphatic heterocycles. The first-order chi connectivity index (χ1) is 11.9. The van der Waals surface area contributed by atoms with E-state index in [1.54, 1.807) is 18.3 Å². The molecule has 2 aromatic carbocycles. The summed E-state index contributed by atoms with van der Waals surface area (Å²) in [6, 6.07) is 11.1. The van der Waals surface area contributed by atoms with Crippen LogP contribution in [0, 0.1) is 5.82 Å². The van der Waals surface area contributed by atoms with Crippen molar-refractivity contribution in [1.29, 1.82) is 0 Å². The van der Waals surface area contributed by atoms with Gasteiger partial charge in [0, 0.05) is 10.8 Å². The Morgan fingerprint density at radius 3 is 2.72 bits per heavy atom. The summed E-state index contributed by atoms with van der Waals surface area (Å²) >= 11 is 1.62. The molecule has 0 radical (unpaired) electrons. The Morgan fingerprint density at radius 2 is 1.96 bits per heavy atom. The third-order valence-electron chi connectivity index (χ3n) is 3.73. The summed E-state index contributed by atoms with van der Waals surface area (Å²) in [5, 5.41) is 14.7. The fourth-order valence-electron chi connectivity index (χ4n) is 2.45. The van der Waals surface area contributed by atoms with Gasteiger partial charge in [-0.25, -0.2) is 9.18 Å². The highest BCUT2D eigenvalue weighted by Gasteiger charge is 2.13. The van der Waals surface area contributed by atoms with Gasteiger partial charge in [0.2, 0.25) is 5.91 Å². The van der Waals surface area contributed by atoms with E-state index in [0.29, 0.717) is 0 Å². The standard InChI is InChI=1S/C19H14FNO3S/c1-11(13-3-2-12-6-7-25-17(12)9-13)8-18(22)21-16-5-4-14(20)10-15(16)19(23)24/h2-10H,1H3,(H,21,22)(H,23,24)/b11-8-. The minimum atomic E-state index is -1.31. The van der Waals surface area contributed by atoms with Gasteiger partial charge in [0.1, 0.15) is 5.82 Å². The van der Waals surface area contributed by atoms with Crippen LogP contribution >= 0.6 is 11.3 Å². The van der Waals surface area contributed by atoms with E-state index in [4.69, 9.17) is 5.11 Å². The molecule has 0 unspecified atom stereocenters. The molecule has 0 aliphatic carbocycles. The minimum absolute atomic E-state index is 0.0525. The van der Waals surface area contributed by atoms with Crippen molar-refractivity contribution in [2.24, 2.45) is 0 Å². The number of carboxylic acid groups (broad SMARTS) is 1. The average Bonchev–Trinajstić information content (AvgIpc) is 3.03. The highest BCUT2D eigenvalue weighted by Crippen LogP contribution is 2.25. The van der Waals surface area contributed by atoms with Gasteiger partial charge < -0.3 is 10.4 Å². The van der Waals surface area contributed by atoms with Gasteiger partial charge in [-0.3, -0.25) is 4.79 Å². The molecular weight excluding hydrogens is 341 g/mol. The lowest BCUT2D eigenvalue weighted by atomic mass is 10.1. The quantitative estimate of drug-likeness (QED) is 0.662. The molecule has 1 heterocycles. The van der Waals surface area contributed by atoms with Crippen LogP contribution in [-0.4, -0.2) is 17.0 Å². The largest absolute Gasteiger partial charge is 0.478 e. The zero-order chi connectivity index (χ0) is 18.0. The maximum atomic E-state index is 13.2. The number of nitrogens with one attached hydrogen (secondary N) is 1.